The summed E-state index contributed by atoms with van der Waals surface area (Å²) in [6.45, 7) is 17.9. The fourth-order valence-electron chi connectivity index (χ4n) is 4.23. The second kappa shape index (κ2) is 8.50. The normalized spacial score (nSPS) is 16.0. The quantitative estimate of drug-likeness (QED) is 0.740. The fourth-order valence-corrected chi connectivity index (χ4v) is 4.23. The molecule has 2 aromatic rings. The number of anilines is 1. The van der Waals surface area contributed by atoms with E-state index in [1.54, 1.807) is 7.11 Å². The van der Waals surface area contributed by atoms with E-state index < -0.39 is 0 Å². The molecular weight excluding hydrogens is 372 g/mol. The van der Waals surface area contributed by atoms with Crippen LogP contribution in [-0.4, -0.2) is 43.3 Å². The molecule has 0 amide bonds. The number of phenolic OH excluding ortho intramolecular Hbond substituents is 1. The van der Waals surface area contributed by atoms with Crippen molar-refractivity contribution in [3.8, 4) is 11.5 Å². The third-order valence-electron chi connectivity index (χ3n) is 5.99. The average molecular weight is 411 g/mol. The van der Waals surface area contributed by atoms with E-state index in [0.29, 0.717) is 5.75 Å². The van der Waals surface area contributed by atoms with Gasteiger partial charge in [0.15, 0.2) is 0 Å². The molecule has 1 heterocycles. The van der Waals surface area contributed by atoms with Crippen molar-refractivity contribution in [2.24, 2.45) is 0 Å². The Kier molecular flexibility index (Phi) is 6.37. The maximum atomic E-state index is 11.0. The van der Waals surface area contributed by atoms with Crippen LogP contribution in [0.1, 0.15) is 58.2 Å². The standard InChI is InChI=1S/C26H38N2O2/c1-25(2,3)20-16-19(17-21(24(20)29)26(4,5)6)18-27-12-14-28(15-13-27)22-10-8-9-11-23(22)30-7/h8-11,16-17,29H,12-15,18H2,1-7H3. The van der Waals surface area contributed by atoms with Gasteiger partial charge in [-0.2, -0.15) is 0 Å². The fraction of sp³-hybridized carbons (Fsp3) is 0.538. The van der Waals surface area contributed by atoms with Crippen LogP contribution in [0.2, 0.25) is 0 Å². The van der Waals surface area contributed by atoms with Gasteiger partial charge in [0.25, 0.3) is 0 Å². The number of hydrogen-bond acceptors (Lipinski definition) is 4. The molecule has 4 heteroatoms. The number of benzene rings is 2. The Hall–Kier alpha value is -2.20. The minimum Gasteiger partial charge on any atom is -0.507 e. The van der Waals surface area contributed by atoms with Gasteiger partial charge in [-0.1, -0.05) is 65.8 Å². The average Bonchev–Trinajstić information content (AvgIpc) is 2.68. The Labute approximate surface area is 182 Å². The molecule has 0 saturated carbocycles. The smallest absolute Gasteiger partial charge is 0.142 e. The number of hydrogen-bond donors (Lipinski definition) is 1. The zero-order chi connectivity index (χ0) is 22.1. The lowest BCUT2D eigenvalue weighted by atomic mass is 9.78. The molecular formula is C26H38N2O2. The number of phenols is 1. The third kappa shape index (κ3) is 4.92. The minimum absolute atomic E-state index is 0.0946. The molecule has 4 nitrogen and oxygen atoms in total. The molecule has 0 radical (unpaired) electrons. The Morgan fingerprint density at radius 1 is 0.867 bits per heavy atom. The van der Waals surface area contributed by atoms with Crippen LogP contribution < -0.4 is 9.64 Å². The molecule has 0 spiro atoms. The van der Waals surface area contributed by atoms with Crippen molar-refractivity contribution in [2.45, 2.75) is 58.9 Å². The summed E-state index contributed by atoms with van der Waals surface area (Å²) >= 11 is 0. The number of nitrogens with zero attached hydrogens (tertiary/aromatic N) is 2. The van der Waals surface area contributed by atoms with Gasteiger partial charge in [-0.25, -0.2) is 0 Å². The molecule has 1 N–H and O–H groups in total. The monoisotopic (exact) mass is 410 g/mol. The van der Waals surface area contributed by atoms with Gasteiger partial charge in [-0.3, -0.25) is 4.90 Å². The highest BCUT2D eigenvalue weighted by atomic mass is 16.5. The topological polar surface area (TPSA) is 35.9 Å². The molecule has 1 fully saturated rings. The first-order valence-electron chi connectivity index (χ1n) is 11.0. The molecule has 1 saturated heterocycles. The number of piperazine rings is 1. The number of para-hydroxylation sites is 2. The SMILES string of the molecule is COc1ccccc1N1CCN(Cc2cc(C(C)(C)C)c(O)c(C(C)(C)C)c2)CC1. The van der Waals surface area contributed by atoms with E-state index in [-0.39, 0.29) is 10.8 Å². The molecule has 1 aliphatic heterocycles. The van der Waals surface area contributed by atoms with Gasteiger partial charge in [0.1, 0.15) is 11.5 Å². The Bertz CT molecular complexity index is 834. The molecule has 0 aromatic heterocycles. The lowest BCUT2D eigenvalue weighted by Crippen LogP contribution is -2.46. The molecule has 2 aromatic carbocycles. The summed E-state index contributed by atoms with van der Waals surface area (Å²) in [6, 6.07) is 12.7. The first-order chi connectivity index (χ1) is 14.0. The highest BCUT2D eigenvalue weighted by Crippen LogP contribution is 2.40. The van der Waals surface area contributed by atoms with Gasteiger partial charge in [-0.05, 0) is 39.7 Å². The van der Waals surface area contributed by atoms with Crippen LogP contribution in [0.15, 0.2) is 36.4 Å². The molecule has 164 valence electrons. The van der Waals surface area contributed by atoms with Crippen LogP contribution in [0.5, 0.6) is 11.5 Å². The van der Waals surface area contributed by atoms with Crippen molar-refractivity contribution in [1.29, 1.82) is 0 Å². The summed E-state index contributed by atoms with van der Waals surface area (Å²) in [4.78, 5) is 4.92. The van der Waals surface area contributed by atoms with Crippen LogP contribution in [0.3, 0.4) is 0 Å². The van der Waals surface area contributed by atoms with Crippen molar-refractivity contribution in [3.05, 3.63) is 53.1 Å². The first kappa shape index (κ1) is 22.5. The maximum absolute atomic E-state index is 11.0. The van der Waals surface area contributed by atoms with Crippen LogP contribution in [-0.2, 0) is 17.4 Å². The van der Waals surface area contributed by atoms with E-state index >= 15 is 0 Å². The van der Waals surface area contributed by atoms with E-state index in [1.807, 2.05) is 12.1 Å². The summed E-state index contributed by atoms with van der Waals surface area (Å²) in [6.07, 6.45) is 0. The molecule has 3 rings (SSSR count). The Morgan fingerprint density at radius 3 is 1.90 bits per heavy atom. The zero-order valence-electron chi connectivity index (χ0n) is 19.7. The summed E-state index contributed by atoms with van der Waals surface area (Å²) in [5.41, 5.74) is 4.35. The summed E-state index contributed by atoms with van der Waals surface area (Å²) in [5, 5.41) is 11.0. The second-order valence-corrected chi connectivity index (χ2v) is 10.5. The van der Waals surface area contributed by atoms with Crippen molar-refractivity contribution >= 4 is 5.69 Å². The summed E-state index contributed by atoms with van der Waals surface area (Å²) in [7, 11) is 1.74. The molecule has 0 unspecified atom stereocenters. The third-order valence-corrected chi connectivity index (χ3v) is 5.99. The summed E-state index contributed by atoms with van der Waals surface area (Å²) < 4.78 is 5.54. The molecule has 0 bridgehead atoms. The van der Waals surface area contributed by atoms with Crippen LogP contribution >= 0.6 is 0 Å². The molecule has 1 aliphatic rings. The summed E-state index contributed by atoms with van der Waals surface area (Å²) in [5.74, 6) is 1.40. The first-order valence-corrected chi connectivity index (χ1v) is 11.0. The van der Waals surface area contributed by atoms with Gasteiger partial charge < -0.3 is 14.7 Å². The molecule has 30 heavy (non-hydrogen) atoms. The minimum atomic E-state index is -0.0946. The van der Waals surface area contributed by atoms with Gasteiger partial charge in [-0.15, -0.1) is 0 Å². The van der Waals surface area contributed by atoms with E-state index in [1.165, 1.54) is 11.3 Å². The van der Waals surface area contributed by atoms with E-state index in [2.05, 4.69) is 75.6 Å². The predicted molar refractivity (Wildman–Crippen MR) is 126 cm³/mol. The largest absolute Gasteiger partial charge is 0.507 e. The highest BCUT2D eigenvalue weighted by Gasteiger charge is 2.27. The second-order valence-electron chi connectivity index (χ2n) is 10.5. The van der Waals surface area contributed by atoms with Crippen molar-refractivity contribution in [3.63, 3.8) is 0 Å². The van der Waals surface area contributed by atoms with Crippen LogP contribution in [0, 0.1) is 0 Å². The van der Waals surface area contributed by atoms with Crippen LogP contribution in [0.4, 0.5) is 5.69 Å². The van der Waals surface area contributed by atoms with Gasteiger partial charge in [0, 0.05) is 32.7 Å². The Morgan fingerprint density at radius 2 is 1.40 bits per heavy atom. The van der Waals surface area contributed by atoms with E-state index in [4.69, 9.17) is 4.74 Å². The van der Waals surface area contributed by atoms with Gasteiger partial charge in [0.05, 0.1) is 12.8 Å². The number of rotatable bonds is 4. The number of methoxy groups -OCH3 is 1. The van der Waals surface area contributed by atoms with Gasteiger partial charge in [0.2, 0.25) is 0 Å². The Balaban J connectivity index is 1.78. The number of ether oxygens (including phenoxy) is 1. The molecule has 0 aliphatic carbocycles. The lowest BCUT2D eigenvalue weighted by molar-refractivity contribution is 0.248. The molecule has 0 atom stereocenters. The highest BCUT2D eigenvalue weighted by molar-refractivity contribution is 5.58. The van der Waals surface area contributed by atoms with Gasteiger partial charge >= 0.3 is 0 Å². The van der Waals surface area contributed by atoms with Crippen molar-refractivity contribution < 1.29 is 9.84 Å². The lowest BCUT2D eigenvalue weighted by Gasteiger charge is -2.37. The maximum Gasteiger partial charge on any atom is 0.142 e. The van der Waals surface area contributed by atoms with Crippen molar-refractivity contribution in [2.75, 3.05) is 38.2 Å². The van der Waals surface area contributed by atoms with Crippen molar-refractivity contribution in [1.82, 2.24) is 4.90 Å². The van der Waals surface area contributed by atoms with Crippen LogP contribution in [0.25, 0.3) is 0 Å². The predicted octanol–water partition coefficient (Wildman–Crippen LogP) is 5.32. The number of aromatic hydroxyl groups is 1. The van der Waals surface area contributed by atoms with E-state index in [9.17, 15) is 5.11 Å². The van der Waals surface area contributed by atoms with E-state index in [0.717, 1.165) is 49.6 Å². The zero-order valence-corrected chi connectivity index (χ0v) is 19.7.